The Kier molecular flexibility index (Phi) is 6.44. The Bertz CT molecular complexity index is 478. The van der Waals surface area contributed by atoms with Crippen molar-refractivity contribution < 1.29 is 44.0 Å². The van der Waals surface area contributed by atoms with E-state index >= 15 is 0 Å². The molecule has 0 aromatic heterocycles. The zero-order valence-electron chi connectivity index (χ0n) is 12.2. The number of hydrogen-bond donors (Lipinski definition) is 0. The standard InChI is InChI=1S/C13H17.C5H5.2ClH.Ti/c1-3-7-12-10(5-1)9-11-6-2-4-8-13(11)12;1-2-4-5-3-1;;;/h1,3,5,7,9-13H,2,4,6,8H2;1-3H,4H2;2*1H;/q;;;;+2/p-2. The van der Waals surface area contributed by atoms with Gasteiger partial charge in [0, 0.05) is 0 Å². The summed E-state index contributed by atoms with van der Waals surface area (Å²) in [4.78, 5) is 0. The van der Waals surface area contributed by atoms with Gasteiger partial charge in [-0.2, -0.15) is 0 Å². The Labute approximate surface area is 150 Å². The molecule has 0 amide bonds. The SMILES string of the molecule is C1=CC[C]([Ti+2][CH]2C3C=CC=CC3C3CCCCC32)=C1.[Cl-].[Cl-]. The predicted octanol–water partition coefficient (Wildman–Crippen LogP) is -1.11. The molecule has 4 aliphatic carbocycles. The van der Waals surface area contributed by atoms with Crippen molar-refractivity contribution in [2.45, 2.75) is 36.3 Å². The largest absolute Gasteiger partial charge is 1.00 e. The van der Waals surface area contributed by atoms with Gasteiger partial charge in [-0.25, -0.2) is 0 Å². The maximum absolute atomic E-state index is 2.56. The predicted molar refractivity (Wildman–Crippen MR) is 76.3 cm³/mol. The van der Waals surface area contributed by atoms with Crippen molar-refractivity contribution in [3.05, 3.63) is 46.4 Å². The molecule has 4 aliphatic rings. The second kappa shape index (κ2) is 7.69. The van der Waals surface area contributed by atoms with E-state index in [1.165, 1.54) is 32.1 Å². The van der Waals surface area contributed by atoms with Gasteiger partial charge in [-0.1, -0.05) is 0 Å². The molecular weight excluding hydrogens is 335 g/mol. The monoisotopic (exact) mass is 356 g/mol. The Morgan fingerprint density at radius 2 is 1.57 bits per heavy atom. The molecule has 2 fully saturated rings. The van der Waals surface area contributed by atoms with Crippen LogP contribution in [0, 0.1) is 23.7 Å². The van der Waals surface area contributed by atoms with Gasteiger partial charge < -0.3 is 24.8 Å². The maximum Gasteiger partial charge on any atom is -1.00 e. The molecule has 5 unspecified atom stereocenters. The van der Waals surface area contributed by atoms with Crippen LogP contribution in [0.3, 0.4) is 0 Å². The summed E-state index contributed by atoms with van der Waals surface area (Å²) in [6, 6.07) is 0. The molecule has 21 heavy (non-hydrogen) atoms. The minimum Gasteiger partial charge on any atom is -1.00 e. The molecule has 0 aliphatic heterocycles. The number of fused-ring (bicyclic) bond motifs is 3. The van der Waals surface area contributed by atoms with Gasteiger partial charge in [-0.3, -0.25) is 0 Å². The summed E-state index contributed by atoms with van der Waals surface area (Å²) < 4.78 is 2.85. The fraction of sp³-hybridized carbons (Fsp3) is 0.556. The van der Waals surface area contributed by atoms with Crippen LogP contribution < -0.4 is 24.8 Å². The third-order valence-electron chi connectivity index (χ3n) is 5.59. The van der Waals surface area contributed by atoms with Crippen molar-refractivity contribution in [1.29, 1.82) is 0 Å². The van der Waals surface area contributed by atoms with E-state index in [1.807, 2.05) is 0 Å². The molecule has 0 aromatic rings. The van der Waals surface area contributed by atoms with Crippen molar-refractivity contribution in [3.8, 4) is 0 Å². The minimum atomic E-state index is 0. The van der Waals surface area contributed by atoms with E-state index < -0.39 is 0 Å². The Morgan fingerprint density at radius 1 is 0.857 bits per heavy atom. The van der Waals surface area contributed by atoms with Crippen LogP contribution in [0.5, 0.6) is 0 Å². The topological polar surface area (TPSA) is 0 Å². The minimum absolute atomic E-state index is 0. The van der Waals surface area contributed by atoms with E-state index in [4.69, 9.17) is 0 Å². The molecule has 0 nitrogen and oxygen atoms in total. The molecule has 0 heterocycles. The molecule has 0 bridgehead atoms. The summed E-state index contributed by atoms with van der Waals surface area (Å²) in [5, 5.41) is 0. The van der Waals surface area contributed by atoms with E-state index in [2.05, 4.69) is 42.5 Å². The fourth-order valence-electron chi connectivity index (χ4n) is 4.80. The van der Waals surface area contributed by atoms with Crippen LogP contribution in [-0.4, -0.2) is 0 Å². The van der Waals surface area contributed by atoms with Crippen molar-refractivity contribution in [3.63, 3.8) is 0 Å². The molecule has 112 valence electrons. The van der Waals surface area contributed by atoms with E-state index in [1.54, 1.807) is 3.88 Å². The van der Waals surface area contributed by atoms with Crippen molar-refractivity contribution in [1.82, 2.24) is 0 Å². The first kappa shape index (κ1) is 17.6. The van der Waals surface area contributed by atoms with Crippen LogP contribution >= 0.6 is 0 Å². The third-order valence-corrected chi connectivity index (χ3v) is 8.54. The first-order chi connectivity index (χ1) is 9.43. The quantitative estimate of drug-likeness (QED) is 0.550. The Balaban J connectivity index is 0.000000807. The second-order valence-electron chi connectivity index (χ2n) is 6.53. The summed E-state index contributed by atoms with van der Waals surface area (Å²) in [5.74, 6) is 3.85. The third kappa shape index (κ3) is 3.30. The average Bonchev–Trinajstić information content (AvgIpc) is 3.08. The van der Waals surface area contributed by atoms with E-state index in [0.29, 0.717) is 0 Å². The first-order valence-corrected chi connectivity index (χ1v) is 9.59. The zero-order valence-corrected chi connectivity index (χ0v) is 15.3. The number of rotatable bonds is 2. The molecule has 0 spiro atoms. The Hall–Kier alpha value is 0.254. The van der Waals surface area contributed by atoms with Gasteiger partial charge in [0.15, 0.2) is 0 Å². The van der Waals surface area contributed by atoms with Crippen LogP contribution in [0.2, 0.25) is 4.22 Å². The summed E-state index contributed by atoms with van der Waals surface area (Å²) in [7, 11) is 0. The fourth-order valence-corrected chi connectivity index (χ4v) is 7.94. The molecule has 3 heteroatoms. The smallest absolute Gasteiger partial charge is 1.00 e. The summed E-state index contributed by atoms with van der Waals surface area (Å²) >= 11 is 0.0872. The van der Waals surface area contributed by atoms with Gasteiger partial charge in [0.2, 0.25) is 0 Å². The van der Waals surface area contributed by atoms with Gasteiger partial charge in [0.1, 0.15) is 0 Å². The average molecular weight is 357 g/mol. The van der Waals surface area contributed by atoms with Crippen molar-refractivity contribution in [2.75, 3.05) is 0 Å². The molecule has 2 saturated carbocycles. The molecular formula is C18H22Cl2Ti. The second-order valence-corrected chi connectivity index (χ2v) is 9.03. The summed E-state index contributed by atoms with van der Waals surface area (Å²) in [6.07, 6.45) is 24.1. The van der Waals surface area contributed by atoms with Gasteiger partial charge in [-0.15, -0.1) is 0 Å². The summed E-state index contributed by atoms with van der Waals surface area (Å²) in [5.41, 5.74) is 0. The van der Waals surface area contributed by atoms with E-state index in [-0.39, 0.29) is 44.0 Å². The van der Waals surface area contributed by atoms with Gasteiger partial charge in [0.25, 0.3) is 0 Å². The molecule has 4 rings (SSSR count). The number of halogens is 2. The van der Waals surface area contributed by atoms with Gasteiger partial charge in [0.05, 0.1) is 0 Å². The van der Waals surface area contributed by atoms with Crippen LogP contribution in [0.4, 0.5) is 0 Å². The van der Waals surface area contributed by atoms with E-state index in [9.17, 15) is 0 Å². The van der Waals surface area contributed by atoms with E-state index in [0.717, 1.165) is 27.9 Å². The number of hydrogen-bond acceptors (Lipinski definition) is 0. The Morgan fingerprint density at radius 3 is 2.29 bits per heavy atom. The van der Waals surface area contributed by atoms with Crippen LogP contribution in [0.1, 0.15) is 32.1 Å². The van der Waals surface area contributed by atoms with Crippen LogP contribution in [-0.2, 0) is 19.2 Å². The van der Waals surface area contributed by atoms with Crippen LogP contribution in [0.15, 0.2) is 46.4 Å². The molecule has 0 N–H and O–H groups in total. The number of allylic oxidation sites excluding steroid dienone is 8. The normalized spacial score (nSPS) is 38.7. The van der Waals surface area contributed by atoms with Crippen LogP contribution in [0.25, 0.3) is 0 Å². The van der Waals surface area contributed by atoms with Gasteiger partial charge >= 0.3 is 126 Å². The van der Waals surface area contributed by atoms with Crippen molar-refractivity contribution >= 4 is 0 Å². The van der Waals surface area contributed by atoms with Crippen molar-refractivity contribution in [2.24, 2.45) is 23.7 Å². The molecule has 0 saturated heterocycles. The molecule has 0 radical (unpaired) electrons. The van der Waals surface area contributed by atoms with Gasteiger partial charge in [-0.05, 0) is 0 Å². The maximum atomic E-state index is 2.56. The first-order valence-electron chi connectivity index (χ1n) is 7.91. The molecule has 5 atom stereocenters. The molecule has 0 aromatic carbocycles. The zero-order chi connectivity index (χ0) is 12.7. The summed E-state index contributed by atoms with van der Waals surface area (Å²) in [6.45, 7) is 0.